The zero-order valence-corrected chi connectivity index (χ0v) is 20.9. The number of benzene rings is 2. The number of nitrogens with zero attached hydrogens (tertiary/aromatic N) is 2. The van der Waals surface area contributed by atoms with Crippen molar-refractivity contribution >= 4 is 11.8 Å². The molecule has 0 aliphatic rings. The molecule has 0 bridgehead atoms. The van der Waals surface area contributed by atoms with Crippen LogP contribution in [-0.2, 0) is 13.1 Å². The van der Waals surface area contributed by atoms with Gasteiger partial charge in [0.05, 0.1) is 6.54 Å². The smallest absolute Gasteiger partial charge is 0.405 e. The van der Waals surface area contributed by atoms with Crippen molar-refractivity contribution in [1.29, 1.82) is 0 Å². The number of hydrogen-bond acceptors (Lipinski definition) is 6. The van der Waals surface area contributed by atoms with Crippen LogP contribution in [0.3, 0.4) is 0 Å². The van der Waals surface area contributed by atoms with E-state index in [0.717, 1.165) is 16.7 Å². The highest BCUT2D eigenvalue weighted by Gasteiger charge is 2.32. The number of alkyl halides is 3. The van der Waals surface area contributed by atoms with Gasteiger partial charge in [-0.2, -0.15) is 0 Å². The van der Waals surface area contributed by atoms with Gasteiger partial charge in [-0.1, -0.05) is 48.5 Å². The SMILES string of the molecule is CNC(=O)c1ccc(-c2ccc(CNC(=O)c3cc(=O)n(Cc4ccccc4)c(=O)[nH]3)c(OC(F)(F)F)c2)cn1. The van der Waals surface area contributed by atoms with Crippen molar-refractivity contribution in [3.05, 3.63) is 116 Å². The van der Waals surface area contributed by atoms with E-state index in [1.54, 1.807) is 30.3 Å². The van der Waals surface area contributed by atoms with E-state index < -0.39 is 41.7 Å². The molecule has 2 aromatic carbocycles. The fourth-order valence-corrected chi connectivity index (χ4v) is 3.76. The van der Waals surface area contributed by atoms with Gasteiger partial charge in [0.15, 0.2) is 0 Å². The zero-order chi connectivity index (χ0) is 28.9. The number of pyridine rings is 1. The number of carbonyl (C=O) groups excluding carboxylic acids is 2. The number of H-pyrrole nitrogens is 1. The van der Waals surface area contributed by atoms with E-state index in [1.165, 1.54) is 37.5 Å². The van der Waals surface area contributed by atoms with Gasteiger partial charge in [0.2, 0.25) is 0 Å². The number of hydrogen-bond donors (Lipinski definition) is 3. The predicted molar refractivity (Wildman–Crippen MR) is 138 cm³/mol. The molecular formula is C27H22F3N5O5. The lowest BCUT2D eigenvalue weighted by Gasteiger charge is -2.15. The van der Waals surface area contributed by atoms with Crippen molar-refractivity contribution in [2.75, 3.05) is 7.05 Å². The van der Waals surface area contributed by atoms with Gasteiger partial charge >= 0.3 is 12.1 Å². The topological polar surface area (TPSA) is 135 Å². The summed E-state index contributed by atoms with van der Waals surface area (Å²) in [6.45, 7) is -0.418. The molecule has 40 heavy (non-hydrogen) atoms. The van der Waals surface area contributed by atoms with Crippen molar-refractivity contribution in [3.8, 4) is 16.9 Å². The molecule has 0 aliphatic heterocycles. The normalized spacial score (nSPS) is 11.1. The quantitative estimate of drug-likeness (QED) is 0.307. The summed E-state index contributed by atoms with van der Waals surface area (Å²) in [7, 11) is 1.44. The molecular weight excluding hydrogens is 531 g/mol. The molecule has 4 aromatic rings. The summed E-state index contributed by atoms with van der Waals surface area (Å²) in [5.74, 6) is -1.88. The second-order valence-corrected chi connectivity index (χ2v) is 8.46. The molecule has 2 heterocycles. The highest BCUT2D eigenvalue weighted by molar-refractivity contribution is 5.92. The maximum atomic E-state index is 13.1. The first-order valence-electron chi connectivity index (χ1n) is 11.8. The zero-order valence-electron chi connectivity index (χ0n) is 20.9. The van der Waals surface area contributed by atoms with E-state index in [4.69, 9.17) is 0 Å². The number of nitrogens with one attached hydrogen (secondary N) is 3. The molecule has 0 spiro atoms. The highest BCUT2D eigenvalue weighted by Crippen LogP contribution is 2.31. The van der Waals surface area contributed by atoms with Crippen LogP contribution in [0.5, 0.6) is 5.75 Å². The molecule has 0 radical (unpaired) electrons. The summed E-state index contributed by atoms with van der Waals surface area (Å²) in [4.78, 5) is 55.6. The molecule has 10 nitrogen and oxygen atoms in total. The summed E-state index contributed by atoms with van der Waals surface area (Å²) < 4.78 is 44.5. The summed E-state index contributed by atoms with van der Waals surface area (Å²) in [6.07, 6.45) is -3.69. The summed E-state index contributed by atoms with van der Waals surface area (Å²) in [5, 5.41) is 4.81. The average Bonchev–Trinajstić information content (AvgIpc) is 2.93. The molecule has 3 N–H and O–H groups in total. The number of aromatic amines is 1. The number of halogens is 3. The highest BCUT2D eigenvalue weighted by atomic mass is 19.4. The van der Waals surface area contributed by atoms with Crippen molar-refractivity contribution < 1.29 is 27.5 Å². The second-order valence-electron chi connectivity index (χ2n) is 8.46. The third kappa shape index (κ3) is 6.81. The molecule has 0 saturated carbocycles. The molecule has 13 heteroatoms. The van der Waals surface area contributed by atoms with E-state index in [-0.39, 0.29) is 23.5 Å². The minimum atomic E-state index is -5.02. The van der Waals surface area contributed by atoms with Gasteiger partial charge in [-0.25, -0.2) is 4.79 Å². The first-order chi connectivity index (χ1) is 19.0. The van der Waals surface area contributed by atoms with Gasteiger partial charge in [0.1, 0.15) is 17.1 Å². The molecule has 4 rings (SSSR count). The molecule has 0 unspecified atom stereocenters. The minimum absolute atomic E-state index is 0.00849. The Bertz CT molecular complexity index is 1620. The molecule has 0 fully saturated rings. The number of amides is 2. The van der Waals surface area contributed by atoms with E-state index in [2.05, 4.69) is 25.3 Å². The fourth-order valence-electron chi connectivity index (χ4n) is 3.76. The Balaban J connectivity index is 1.54. The fraction of sp³-hybridized carbons (Fsp3) is 0.148. The van der Waals surface area contributed by atoms with Gasteiger partial charge in [-0.05, 0) is 23.3 Å². The molecule has 2 aromatic heterocycles. The van der Waals surface area contributed by atoms with Gasteiger partial charge in [0, 0.05) is 37.0 Å². The largest absolute Gasteiger partial charge is 0.573 e. The lowest BCUT2D eigenvalue weighted by molar-refractivity contribution is -0.274. The van der Waals surface area contributed by atoms with E-state index >= 15 is 0 Å². The first-order valence-corrected chi connectivity index (χ1v) is 11.8. The number of carbonyl (C=O) groups is 2. The van der Waals surface area contributed by atoms with Gasteiger partial charge < -0.3 is 20.4 Å². The molecule has 2 amide bonds. The van der Waals surface area contributed by atoms with Crippen molar-refractivity contribution in [3.63, 3.8) is 0 Å². The van der Waals surface area contributed by atoms with E-state index in [0.29, 0.717) is 16.7 Å². The molecule has 0 aliphatic carbocycles. The van der Waals surface area contributed by atoms with Crippen molar-refractivity contribution in [2.24, 2.45) is 0 Å². The monoisotopic (exact) mass is 553 g/mol. The number of rotatable bonds is 8. The van der Waals surface area contributed by atoms with Crippen LogP contribution in [0.1, 0.15) is 32.1 Å². The van der Waals surface area contributed by atoms with Crippen molar-refractivity contribution in [2.45, 2.75) is 19.5 Å². The molecule has 0 saturated heterocycles. The third-order valence-electron chi connectivity index (χ3n) is 5.74. The number of aromatic nitrogens is 3. The maximum Gasteiger partial charge on any atom is 0.573 e. The van der Waals surface area contributed by atoms with Crippen molar-refractivity contribution in [1.82, 2.24) is 25.2 Å². The maximum absolute atomic E-state index is 13.1. The van der Waals surface area contributed by atoms with Crippen LogP contribution in [0.15, 0.2) is 82.5 Å². The van der Waals surface area contributed by atoms with Crippen LogP contribution >= 0.6 is 0 Å². The first kappa shape index (κ1) is 27.8. The average molecular weight is 553 g/mol. The molecule has 206 valence electrons. The number of ether oxygens (including phenoxy) is 1. The Morgan fingerprint density at radius 3 is 2.33 bits per heavy atom. The van der Waals surface area contributed by atoms with E-state index in [1.807, 2.05) is 0 Å². The van der Waals surface area contributed by atoms with Crippen LogP contribution in [-0.4, -0.2) is 39.8 Å². The van der Waals surface area contributed by atoms with Gasteiger partial charge in [0.25, 0.3) is 17.4 Å². The predicted octanol–water partition coefficient (Wildman–Crippen LogP) is 2.84. The van der Waals surface area contributed by atoms with Gasteiger partial charge in [-0.15, -0.1) is 13.2 Å². The lowest BCUT2D eigenvalue weighted by Crippen LogP contribution is -2.38. The molecule has 0 atom stereocenters. The Morgan fingerprint density at radius 1 is 0.975 bits per heavy atom. The van der Waals surface area contributed by atoms with Gasteiger partial charge in [-0.3, -0.25) is 23.9 Å². The van der Waals surface area contributed by atoms with Crippen LogP contribution in [0.2, 0.25) is 0 Å². The van der Waals surface area contributed by atoms with Crippen LogP contribution in [0.4, 0.5) is 13.2 Å². The third-order valence-corrected chi connectivity index (χ3v) is 5.74. The Morgan fingerprint density at radius 2 is 1.70 bits per heavy atom. The van der Waals surface area contributed by atoms with Crippen LogP contribution in [0.25, 0.3) is 11.1 Å². The Labute approximate surface area is 224 Å². The standard InChI is InChI=1S/C27H22F3N5O5/c1-31-24(37)20-10-9-18(13-32-20)17-7-8-19(22(11-17)40-27(28,29)30)14-33-25(38)21-12-23(36)35(26(39)34-21)15-16-5-3-2-4-6-16/h2-13H,14-15H2,1H3,(H,31,37)(H,33,38)(H,34,39). The van der Waals surface area contributed by atoms with E-state index in [9.17, 15) is 32.3 Å². The Kier molecular flexibility index (Phi) is 8.12. The summed E-state index contributed by atoms with van der Waals surface area (Å²) in [6, 6.07) is 16.6. The second kappa shape index (κ2) is 11.7. The summed E-state index contributed by atoms with van der Waals surface area (Å²) in [5.41, 5.74) is -0.349. The van der Waals surface area contributed by atoms with Crippen LogP contribution < -0.4 is 26.6 Å². The lowest BCUT2D eigenvalue weighted by atomic mass is 10.0. The minimum Gasteiger partial charge on any atom is -0.405 e. The van der Waals surface area contributed by atoms with Crippen LogP contribution in [0, 0.1) is 0 Å². The summed E-state index contributed by atoms with van der Waals surface area (Å²) >= 11 is 0. The Hall–Kier alpha value is -5.20.